The van der Waals surface area contributed by atoms with Gasteiger partial charge >= 0.3 is 5.97 Å². The lowest BCUT2D eigenvalue weighted by atomic mass is 10.1. The molecule has 2 aromatic carbocycles. The number of carboxylic acid groups (broad SMARTS) is 1. The van der Waals surface area contributed by atoms with Crippen molar-refractivity contribution in [3.05, 3.63) is 59.2 Å². The Hall–Kier alpha value is -2.49. The van der Waals surface area contributed by atoms with Gasteiger partial charge in [-0.1, -0.05) is 30.3 Å². The van der Waals surface area contributed by atoms with Crippen LogP contribution in [0, 0.1) is 6.92 Å². The van der Waals surface area contributed by atoms with E-state index >= 15 is 0 Å². The predicted molar refractivity (Wildman–Crippen MR) is 79.8 cm³/mol. The average Bonchev–Trinajstić information content (AvgIpc) is 2.46. The van der Waals surface area contributed by atoms with Gasteiger partial charge in [-0.25, -0.2) is 0 Å². The minimum atomic E-state index is -0.852. The van der Waals surface area contributed by atoms with Gasteiger partial charge in [0.15, 0.2) is 11.5 Å². The molecule has 0 radical (unpaired) electrons. The van der Waals surface area contributed by atoms with Crippen molar-refractivity contribution in [1.82, 2.24) is 0 Å². The van der Waals surface area contributed by atoms with Crippen LogP contribution in [0.25, 0.3) is 0 Å². The third-order valence-electron chi connectivity index (χ3n) is 3.16. The summed E-state index contributed by atoms with van der Waals surface area (Å²) in [7, 11) is 1.60. The normalized spacial score (nSPS) is 10.2. The van der Waals surface area contributed by atoms with Crippen molar-refractivity contribution in [2.75, 3.05) is 7.11 Å². The van der Waals surface area contributed by atoms with Crippen molar-refractivity contribution in [3.63, 3.8) is 0 Å². The Morgan fingerprint density at radius 2 is 1.81 bits per heavy atom. The number of hydrogen-bond donors (Lipinski definition) is 1. The minimum absolute atomic E-state index is 0.00936. The van der Waals surface area contributed by atoms with Crippen LogP contribution in [-0.2, 0) is 17.8 Å². The lowest BCUT2D eigenvalue weighted by molar-refractivity contribution is -0.136. The van der Waals surface area contributed by atoms with Gasteiger partial charge in [-0.15, -0.1) is 0 Å². The first-order valence-corrected chi connectivity index (χ1v) is 6.66. The zero-order chi connectivity index (χ0) is 15.2. The molecule has 2 aromatic rings. The molecule has 4 heteroatoms. The van der Waals surface area contributed by atoms with Crippen LogP contribution in [0.3, 0.4) is 0 Å². The molecule has 0 spiro atoms. The lowest BCUT2D eigenvalue weighted by Crippen LogP contribution is -2.06. The van der Waals surface area contributed by atoms with Gasteiger partial charge in [0.2, 0.25) is 0 Å². The molecule has 0 aliphatic carbocycles. The summed E-state index contributed by atoms with van der Waals surface area (Å²) in [4.78, 5) is 10.9. The molecule has 0 amide bonds. The van der Waals surface area contributed by atoms with Gasteiger partial charge in [0.1, 0.15) is 6.61 Å². The number of ether oxygens (including phenoxy) is 2. The number of methoxy groups -OCH3 is 1. The molecule has 4 nitrogen and oxygen atoms in total. The van der Waals surface area contributed by atoms with E-state index in [1.807, 2.05) is 43.3 Å². The maximum atomic E-state index is 10.9. The van der Waals surface area contributed by atoms with Crippen LogP contribution in [0.15, 0.2) is 42.5 Å². The Balaban J connectivity index is 2.15. The fraction of sp³-hybridized carbons (Fsp3) is 0.235. The molecule has 0 fully saturated rings. The van der Waals surface area contributed by atoms with Crippen LogP contribution >= 0.6 is 0 Å². The maximum Gasteiger partial charge on any atom is 0.307 e. The Morgan fingerprint density at radius 1 is 1.10 bits per heavy atom. The molecule has 1 N–H and O–H groups in total. The van der Waals surface area contributed by atoms with Crippen molar-refractivity contribution >= 4 is 5.97 Å². The molecular weight excluding hydrogens is 268 g/mol. The smallest absolute Gasteiger partial charge is 0.307 e. The highest BCUT2D eigenvalue weighted by molar-refractivity contribution is 5.70. The Bertz CT molecular complexity index is 634. The standard InChI is InChI=1S/C17H18O4/c1-12-7-8-15(16(9-12)20-2)21-11-14-6-4-3-5-13(14)10-17(18)19/h3-9H,10-11H2,1-2H3,(H,18,19). The minimum Gasteiger partial charge on any atom is -0.493 e. The summed E-state index contributed by atoms with van der Waals surface area (Å²) >= 11 is 0. The average molecular weight is 286 g/mol. The van der Waals surface area contributed by atoms with Gasteiger partial charge in [-0.3, -0.25) is 4.79 Å². The summed E-state index contributed by atoms with van der Waals surface area (Å²) in [5, 5.41) is 8.93. The number of benzene rings is 2. The van der Waals surface area contributed by atoms with Crippen molar-refractivity contribution in [1.29, 1.82) is 0 Å². The fourth-order valence-corrected chi connectivity index (χ4v) is 2.08. The van der Waals surface area contributed by atoms with Crippen molar-refractivity contribution in [3.8, 4) is 11.5 Å². The number of carbonyl (C=O) groups is 1. The van der Waals surface area contributed by atoms with Crippen LogP contribution in [-0.4, -0.2) is 18.2 Å². The second-order valence-corrected chi connectivity index (χ2v) is 4.78. The second kappa shape index (κ2) is 6.79. The summed E-state index contributed by atoms with van der Waals surface area (Å²) < 4.78 is 11.1. The monoisotopic (exact) mass is 286 g/mol. The van der Waals surface area contributed by atoms with E-state index in [1.54, 1.807) is 13.2 Å². The molecule has 0 saturated carbocycles. The number of rotatable bonds is 6. The Labute approximate surface area is 123 Å². The van der Waals surface area contributed by atoms with Gasteiger partial charge in [0.05, 0.1) is 13.5 Å². The molecule has 110 valence electrons. The first-order chi connectivity index (χ1) is 10.1. The van der Waals surface area contributed by atoms with Gasteiger partial charge in [-0.05, 0) is 35.7 Å². The number of aryl methyl sites for hydroxylation is 1. The second-order valence-electron chi connectivity index (χ2n) is 4.78. The zero-order valence-corrected chi connectivity index (χ0v) is 12.1. The number of aliphatic carboxylic acids is 1. The molecule has 0 aliphatic rings. The molecule has 0 aliphatic heterocycles. The Morgan fingerprint density at radius 3 is 2.48 bits per heavy atom. The highest BCUT2D eigenvalue weighted by atomic mass is 16.5. The van der Waals surface area contributed by atoms with Crippen molar-refractivity contribution < 1.29 is 19.4 Å². The van der Waals surface area contributed by atoms with Gasteiger partial charge < -0.3 is 14.6 Å². The molecule has 2 rings (SSSR count). The fourth-order valence-electron chi connectivity index (χ4n) is 2.08. The van der Waals surface area contributed by atoms with Crippen LogP contribution in [0.4, 0.5) is 0 Å². The van der Waals surface area contributed by atoms with Crippen LogP contribution in [0.1, 0.15) is 16.7 Å². The lowest BCUT2D eigenvalue weighted by Gasteiger charge is -2.13. The maximum absolute atomic E-state index is 10.9. The van der Waals surface area contributed by atoms with E-state index in [9.17, 15) is 4.79 Å². The predicted octanol–water partition coefficient (Wildman–Crippen LogP) is 3.21. The van der Waals surface area contributed by atoms with Crippen LogP contribution < -0.4 is 9.47 Å². The van der Waals surface area contributed by atoms with E-state index in [0.717, 1.165) is 16.7 Å². The quantitative estimate of drug-likeness (QED) is 0.886. The molecule has 0 bridgehead atoms. The van der Waals surface area contributed by atoms with E-state index in [-0.39, 0.29) is 6.42 Å². The van der Waals surface area contributed by atoms with E-state index in [1.165, 1.54) is 0 Å². The topological polar surface area (TPSA) is 55.8 Å². The molecule has 0 saturated heterocycles. The van der Waals surface area contributed by atoms with Gasteiger partial charge in [0, 0.05) is 0 Å². The number of hydrogen-bond acceptors (Lipinski definition) is 3. The Kier molecular flexibility index (Phi) is 4.82. The third kappa shape index (κ3) is 3.99. The molecule has 0 heterocycles. The third-order valence-corrected chi connectivity index (χ3v) is 3.16. The van der Waals surface area contributed by atoms with E-state index in [0.29, 0.717) is 18.1 Å². The molecular formula is C17H18O4. The summed E-state index contributed by atoms with van der Waals surface area (Å²) in [6.07, 6.45) is -0.00936. The summed E-state index contributed by atoms with van der Waals surface area (Å²) in [6.45, 7) is 2.29. The summed E-state index contributed by atoms with van der Waals surface area (Å²) in [6, 6.07) is 13.1. The summed E-state index contributed by atoms with van der Waals surface area (Å²) in [5.74, 6) is 0.467. The van der Waals surface area contributed by atoms with Crippen molar-refractivity contribution in [2.45, 2.75) is 20.0 Å². The molecule has 0 aromatic heterocycles. The van der Waals surface area contributed by atoms with Crippen molar-refractivity contribution in [2.24, 2.45) is 0 Å². The van der Waals surface area contributed by atoms with E-state index in [4.69, 9.17) is 14.6 Å². The van der Waals surface area contributed by atoms with E-state index in [2.05, 4.69) is 0 Å². The molecule has 21 heavy (non-hydrogen) atoms. The van der Waals surface area contributed by atoms with E-state index < -0.39 is 5.97 Å². The van der Waals surface area contributed by atoms with Gasteiger partial charge in [-0.2, -0.15) is 0 Å². The highest BCUT2D eigenvalue weighted by Crippen LogP contribution is 2.28. The molecule has 0 atom stereocenters. The first-order valence-electron chi connectivity index (χ1n) is 6.66. The summed E-state index contributed by atoms with van der Waals surface area (Å²) in [5.41, 5.74) is 2.71. The van der Waals surface area contributed by atoms with Gasteiger partial charge in [0.25, 0.3) is 0 Å². The van der Waals surface area contributed by atoms with Crippen LogP contribution in [0.2, 0.25) is 0 Å². The molecule has 0 unspecified atom stereocenters. The van der Waals surface area contributed by atoms with Crippen LogP contribution in [0.5, 0.6) is 11.5 Å². The largest absolute Gasteiger partial charge is 0.493 e. The zero-order valence-electron chi connectivity index (χ0n) is 12.1. The first kappa shape index (κ1) is 14.9. The number of carboxylic acids is 1. The SMILES string of the molecule is COc1cc(C)ccc1OCc1ccccc1CC(=O)O. The highest BCUT2D eigenvalue weighted by Gasteiger charge is 2.09.